The number of ether oxygens (including phenoxy) is 1. The number of aromatic amines is 1. The van der Waals surface area contributed by atoms with E-state index in [-0.39, 0.29) is 0 Å². The largest absolute Gasteiger partial charge is 0.394 e. The van der Waals surface area contributed by atoms with Gasteiger partial charge in [0.1, 0.15) is 17.8 Å². The van der Waals surface area contributed by atoms with Crippen molar-refractivity contribution in [2.75, 3.05) is 6.61 Å². The number of rotatable bonds is 3. The maximum Gasteiger partial charge on any atom is 0.331 e. The molecule has 0 aliphatic carbocycles. The van der Waals surface area contributed by atoms with E-state index in [0.717, 1.165) is 16.0 Å². The quantitative estimate of drug-likeness (QED) is 0.500. The second-order valence-electron chi connectivity index (χ2n) is 7.08. The van der Waals surface area contributed by atoms with Gasteiger partial charge < -0.3 is 20.1 Å². The molecule has 0 amide bonds. The second kappa shape index (κ2) is 6.39. The fourth-order valence-corrected chi connectivity index (χ4v) is 4.05. The number of H-pyrrole nitrogens is 1. The van der Waals surface area contributed by atoms with E-state index in [1.54, 1.807) is 24.3 Å². The standard InChI is InChI=1S/C20H20N2O6/c1-19(27)17(25)15(11-23)28-20(19,22-10-9-16(24)21-18(22)26)14-8-4-6-12-5-2-3-7-13(12)14/h2-10,15,17,23,25,27H,11H2,1H3,(H,21,24,26)/t15-,17-,19-,20-/m1/s1. The predicted octanol–water partition coefficient (Wildman–Crippen LogP) is -0.106. The first-order valence-corrected chi connectivity index (χ1v) is 8.83. The summed E-state index contributed by atoms with van der Waals surface area (Å²) in [5.74, 6) is 0. The molecule has 0 spiro atoms. The lowest BCUT2D eigenvalue weighted by molar-refractivity contribution is -0.162. The lowest BCUT2D eigenvalue weighted by Gasteiger charge is -2.41. The summed E-state index contributed by atoms with van der Waals surface area (Å²) in [7, 11) is 0. The lowest BCUT2D eigenvalue weighted by Crippen LogP contribution is -2.59. The molecule has 1 aliphatic heterocycles. The summed E-state index contributed by atoms with van der Waals surface area (Å²) in [6.07, 6.45) is -1.42. The van der Waals surface area contributed by atoms with E-state index < -0.39 is 41.4 Å². The van der Waals surface area contributed by atoms with Crippen LogP contribution in [0.5, 0.6) is 0 Å². The number of hydrogen-bond acceptors (Lipinski definition) is 6. The molecule has 1 aromatic heterocycles. The average molecular weight is 384 g/mol. The Morgan fingerprint density at radius 1 is 1.14 bits per heavy atom. The fraction of sp³-hybridized carbons (Fsp3) is 0.300. The smallest absolute Gasteiger partial charge is 0.331 e. The van der Waals surface area contributed by atoms with Gasteiger partial charge in [-0.05, 0) is 17.7 Å². The SMILES string of the molecule is C[C@@]1(O)[C@H](O)[C@@H](CO)O[C@@]1(c1cccc2ccccc12)n1ccc(=O)[nH]c1=O. The van der Waals surface area contributed by atoms with E-state index in [1.807, 2.05) is 18.2 Å². The molecule has 8 nitrogen and oxygen atoms in total. The van der Waals surface area contributed by atoms with Gasteiger partial charge in [-0.25, -0.2) is 4.79 Å². The van der Waals surface area contributed by atoms with Crippen molar-refractivity contribution in [1.82, 2.24) is 9.55 Å². The molecule has 0 unspecified atom stereocenters. The molecule has 0 radical (unpaired) electrons. The highest BCUT2D eigenvalue weighted by molar-refractivity contribution is 5.86. The Hall–Kier alpha value is -2.78. The van der Waals surface area contributed by atoms with Gasteiger partial charge in [0, 0.05) is 17.8 Å². The molecule has 3 aromatic rings. The normalized spacial score (nSPS) is 30.0. The number of benzene rings is 2. The van der Waals surface area contributed by atoms with Crippen LogP contribution in [-0.4, -0.2) is 49.3 Å². The van der Waals surface area contributed by atoms with Gasteiger partial charge in [-0.2, -0.15) is 0 Å². The van der Waals surface area contributed by atoms with Crippen LogP contribution in [0.2, 0.25) is 0 Å². The summed E-state index contributed by atoms with van der Waals surface area (Å²) in [5.41, 5.74) is -4.90. The number of nitrogens with one attached hydrogen (secondary N) is 1. The second-order valence-corrected chi connectivity index (χ2v) is 7.08. The topological polar surface area (TPSA) is 125 Å². The van der Waals surface area contributed by atoms with Crippen molar-refractivity contribution in [3.05, 3.63) is 81.1 Å². The van der Waals surface area contributed by atoms with E-state index in [2.05, 4.69) is 4.98 Å². The summed E-state index contributed by atoms with van der Waals surface area (Å²) in [5, 5.41) is 33.3. The van der Waals surface area contributed by atoms with Crippen LogP contribution in [0, 0.1) is 0 Å². The average Bonchev–Trinajstić information content (AvgIpc) is 2.88. The summed E-state index contributed by atoms with van der Waals surface area (Å²) >= 11 is 0. The molecule has 4 rings (SSSR count). The van der Waals surface area contributed by atoms with Crippen LogP contribution in [0.15, 0.2) is 64.3 Å². The monoisotopic (exact) mass is 384 g/mol. The Morgan fingerprint density at radius 3 is 2.54 bits per heavy atom. The third-order valence-corrected chi connectivity index (χ3v) is 5.43. The van der Waals surface area contributed by atoms with E-state index in [9.17, 15) is 24.9 Å². The highest BCUT2D eigenvalue weighted by atomic mass is 16.6. The predicted molar refractivity (Wildman–Crippen MR) is 101 cm³/mol. The Bertz CT molecular complexity index is 1150. The molecule has 4 atom stereocenters. The van der Waals surface area contributed by atoms with Crippen LogP contribution in [0.3, 0.4) is 0 Å². The van der Waals surface area contributed by atoms with Gasteiger partial charge in [-0.15, -0.1) is 0 Å². The van der Waals surface area contributed by atoms with Crippen molar-refractivity contribution in [1.29, 1.82) is 0 Å². The van der Waals surface area contributed by atoms with Gasteiger partial charge in [-0.1, -0.05) is 42.5 Å². The van der Waals surface area contributed by atoms with Crippen molar-refractivity contribution >= 4 is 10.8 Å². The number of hydrogen-bond donors (Lipinski definition) is 4. The Kier molecular flexibility index (Phi) is 4.24. The molecule has 28 heavy (non-hydrogen) atoms. The third-order valence-electron chi connectivity index (χ3n) is 5.43. The van der Waals surface area contributed by atoms with E-state index in [0.29, 0.717) is 10.9 Å². The minimum atomic E-state index is -2.01. The molecule has 0 bridgehead atoms. The van der Waals surface area contributed by atoms with Crippen LogP contribution < -0.4 is 11.2 Å². The number of aliphatic hydroxyl groups excluding tert-OH is 2. The summed E-state index contributed by atoms with van der Waals surface area (Å²) in [4.78, 5) is 26.5. The van der Waals surface area contributed by atoms with E-state index >= 15 is 0 Å². The molecule has 4 N–H and O–H groups in total. The van der Waals surface area contributed by atoms with Crippen LogP contribution in [0.4, 0.5) is 0 Å². The molecule has 2 aromatic carbocycles. The van der Waals surface area contributed by atoms with E-state index in [1.165, 1.54) is 13.1 Å². The summed E-state index contributed by atoms with van der Waals surface area (Å²) < 4.78 is 7.07. The zero-order valence-corrected chi connectivity index (χ0v) is 15.1. The minimum absolute atomic E-state index is 0.416. The molecular weight excluding hydrogens is 364 g/mol. The van der Waals surface area contributed by atoms with Gasteiger partial charge in [0.05, 0.1) is 6.61 Å². The van der Waals surface area contributed by atoms with Gasteiger partial charge in [0.2, 0.25) is 5.72 Å². The third kappa shape index (κ3) is 2.39. The van der Waals surface area contributed by atoms with E-state index in [4.69, 9.17) is 4.74 Å². The molecule has 0 saturated carbocycles. The zero-order valence-electron chi connectivity index (χ0n) is 15.1. The maximum atomic E-state index is 12.7. The van der Waals surface area contributed by atoms with Crippen LogP contribution in [0.1, 0.15) is 12.5 Å². The first-order chi connectivity index (χ1) is 13.3. The Balaban J connectivity index is 2.14. The number of nitrogens with zero attached hydrogens (tertiary/aromatic N) is 1. The van der Waals surface area contributed by atoms with Gasteiger partial charge in [0.15, 0.2) is 0 Å². The first-order valence-electron chi connectivity index (χ1n) is 8.83. The van der Waals surface area contributed by atoms with Crippen LogP contribution in [-0.2, 0) is 10.5 Å². The van der Waals surface area contributed by atoms with Crippen molar-refractivity contribution in [3.63, 3.8) is 0 Å². The van der Waals surface area contributed by atoms with Gasteiger partial charge in [0.25, 0.3) is 5.56 Å². The number of aliphatic hydroxyl groups is 3. The molecule has 1 saturated heterocycles. The van der Waals surface area contributed by atoms with Gasteiger partial charge in [-0.3, -0.25) is 14.3 Å². The van der Waals surface area contributed by atoms with Crippen LogP contribution in [0.25, 0.3) is 10.8 Å². The molecule has 146 valence electrons. The Morgan fingerprint density at radius 2 is 1.86 bits per heavy atom. The maximum absolute atomic E-state index is 12.7. The molecule has 8 heteroatoms. The molecule has 2 heterocycles. The molecular formula is C20H20N2O6. The molecule has 1 aliphatic rings. The fourth-order valence-electron chi connectivity index (χ4n) is 4.05. The van der Waals surface area contributed by atoms with Crippen LogP contribution >= 0.6 is 0 Å². The van der Waals surface area contributed by atoms with Crippen molar-refractivity contribution < 1.29 is 20.1 Å². The lowest BCUT2D eigenvalue weighted by atomic mass is 9.81. The first kappa shape index (κ1) is 18.6. The summed E-state index contributed by atoms with van der Waals surface area (Å²) in [6.45, 7) is 0.772. The Labute approximate surface area is 159 Å². The number of aromatic nitrogens is 2. The highest BCUT2D eigenvalue weighted by Gasteiger charge is 2.65. The minimum Gasteiger partial charge on any atom is -0.394 e. The highest BCUT2D eigenvalue weighted by Crippen LogP contribution is 2.49. The number of fused-ring (bicyclic) bond motifs is 1. The summed E-state index contributed by atoms with van der Waals surface area (Å²) in [6, 6.07) is 13.8. The van der Waals surface area contributed by atoms with Crippen molar-refractivity contribution in [2.24, 2.45) is 0 Å². The van der Waals surface area contributed by atoms with Crippen molar-refractivity contribution in [3.8, 4) is 0 Å². The zero-order chi connectivity index (χ0) is 20.1. The van der Waals surface area contributed by atoms with Crippen molar-refractivity contribution in [2.45, 2.75) is 30.5 Å². The molecule has 1 fully saturated rings. The van der Waals surface area contributed by atoms with Gasteiger partial charge >= 0.3 is 5.69 Å².